The third-order valence-corrected chi connectivity index (χ3v) is 3.33. The van der Waals surface area contributed by atoms with Crippen molar-refractivity contribution in [2.45, 2.75) is 32.7 Å². The Morgan fingerprint density at radius 1 is 1.00 bits per heavy atom. The molecular formula is C18H22N2O. The van der Waals surface area contributed by atoms with E-state index in [9.17, 15) is 4.79 Å². The van der Waals surface area contributed by atoms with E-state index in [1.807, 2.05) is 63.2 Å². The maximum absolute atomic E-state index is 12.1. The number of amides is 2. The van der Waals surface area contributed by atoms with Crippen LogP contribution >= 0.6 is 0 Å². The minimum Gasteiger partial charge on any atom is -0.333 e. The normalized spacial score (nSPS) is 11.0. The molecule has 21 heavy (non-hydrogen) atoms. The molecule has 2 N–H and O–H groups in total. The highest BCUT2D eigenvalue weighted by molar-refractivity contribution is 5.90. The molecular weight excluding hydrogens is 260 g/mol. The third-order valence-electron chi connectivity index (χ3n) is 3.33. The van der Waals surface area contributed by atoms with Crippen molar-refractivity contribution in [1.82, 2.24) is 5.32 Å². The Hall–Kier alpha value is -2.29. The van der Waals surface area contributed by atoms with E-state index in [1.165, 1.54) is 5.56 Å². The number of anilines is 1. The van der Waals surface area contributed by atoms with E-state index in [2.05, 4.69) is 22.8 Å². The van der Waals surface area contributed by atoms with Gasteiger partial charge in [0.1, 0.15) is 0 Å². The lowest BCUT2D eigenvalue weighted by Crippen LogP contribution is -2.47. The maximum Gasteiger partial charge on any atom is 0.319 e. The summed E-state index contributed by atoms with van der Waals surface area (Å²) in [5.74, 6) is 0. The fourth-order valence-corrected chi connectivity index (χ4v) is 2.32. The lowest BCUT2D eigenvalue weighted by Gasteiger charge is -2.26. The first-order chi connectivity index (χ1) is 9.96. The molecule has 0 unspecified atom stereocenters. The van der Waals surface area contributed by atoms with Crippen LogP contribution < -0.4 is 10.6 Å². The van der Waals surface area contributed by atoms with Crippen LogP contribution in [0, 0.1) is 6.92 Å². The lowest BCUT2D eigenvalue weighted by molar-refractivity contribution is 0.241. The largest absolute Gasteiger partial charge is 0.333 e. The number of benzene rings is 2. The quantitative estimate of drug-likeness (QED) is 0.869. The van der Waals surface area contributed by atoms with Crippen LogP contribution in [0.3, 0.4) is 0 Å². The van der Waals surface area contributed by atoms with Gasteiger partial charge in [0, 0.05) is 11.2 Å². The summed E-state index contributed by atoms with van der Waals surface area (Å²) in [7, 11) is 0. The molecule has 2 aromatic carbocycles. The van der Waals surface area contributed by atoms with Gasteiger partial charge in [-0.1, -0.05) is 48.5 Å². The molecule has 0 bridgehead atoms. The second kappa shape index (κ2) is 6.44. The molecule has 0 atom stereocenters. The van der Waals surface area contributed by atoms with Crippen molar-refractivity contribution in [3.63, 3.8) is 0 Å². The zero-order valence-corrected chi connectivity index (χ0v) is 12.8. The van der Waals surface area contributed by atoms with E-state index in [0.717, 1.165) is 17.7 Å². The van der Waals surface area contributed by atoms with E-state index in [-0.39, 0.29) is 11.6 Å². The second-order valence-corrected chi connectivity index (χ2v) is 5.94. The number of aryl methyl sites for hydroxylation is 1. The molecule has 0 spiro atoms. The van der Waals surface area contributed by atoms with Crippen LogP contribution in [0.25, 0.3) is 0 Å². The average Bonchev–Trinajstić information content (AvgIpc) is 2.41. The van der Waals surface area contributed by atoms with Crippen molar-refractivity contribution in [3.8, 4) is 0 Å². The van der Waals surface area contributed by atoms with Gasteiger partial charge in [-0.2, -0.15) is 0 Å². The van der Waals surface area contributed by atoms with Crippen LogP contribution in [0.4, 0.5) is 10.5 Å². The Bertz CT molecular complexity index is 606. The van der Waals surface area contributed by atoms with Crippen molar-refractivity contribution in [3.05, 3.63) is 65.7 Å². The molecule has 0 aliphatic heterocycles. The number of hydrogen-bond acceptors (Lipinski definition) is 1. The van der Waals surface area contributed by atoms with Gasteiger partial charge < -0.3 is 10.6 Å². The molecule has 0 radical (unpaired) electrons. The Kier molecular flexibility index (Phi) is 4.63. The highest BCUT2D eigenvalue weighted by Crippen LogP contribution is 2.15. The third kappa shape index (κ3) is 4.63. The smallest absolute Gasteiger partial charge is 0.319 e. The number of carbonyl (C=O) groups is 1. The SMILES string of the molecule is Cc1ccccc1NC(=O)NC(C)(C)Cc1ccccc1. The Labute approximate surface area is 126 Å². The van der Waals surface area contributed by atoms with Crippen molar-refractivity contribution >= 4 is 11.7 Å². The fourth-order valence-electron chi connectivity index (χ4n) is 2.32. The van der Waals surface area contributed by atoms with Crippen LogP contribution in [0.5, 0.6) is 0 Å². The highest BCUT2D eigenvalue weighted by Gasteiger charge is 2.21. The molecule has 3 heteroatoms. The topological polar surface area (TPSA) is 41.1 Å². The van der Waals surface area contributed by atoms with Crippen molar-refractivity contribution < 1.29 is 4.79 Å². The second-order valence-electron chi connectivity index (χ2n) is 5.94. The minimum absolute atomic E-state index is 0.176. The standard InChI is InChI=1S/C18H22N2O/c1-14-9-7-8-12-16(14)19-17(21)20-18(2,3)13-15-10-5-4-6-11-15/h4-12H,13H2,1-3H3,(H2,19,20,21). The number of rotatable bonds is 4. The van der Waals surface area contributed by atoms with E-state index in [1.54, 1.807) is 0 Å². The first-order valence-corrected chi connectivity index (χ1v) is 7.15. The summed E-state index contributed by atoms with van der Waals surface area (Å²) < 4.78 is 0. The summed E-state index contributed by atoms with van der Waals surface area (Å²) >= 11 is 0. The average molecular weight is 282 g/mol. The van der Waals surface area contributed by atoms with Crippen molar-refractivity contribution in [1.29, 1.82) is 0 Å². The first kappa shape index (κ1) is 15.1. The molecule has 2 rings (SSSR count). The molecule has 0 aliphatic carbocycles. The predicted molar refractivity (Wildman–Crippen MR) is 87.6 cm³/mol. The maximum atomic E-state index is 12.1. The summed E-state index contributed by atoms with van der Waals surface area (Å²) in [6.45, 7) is 6.03. The Morgan fingerprint density at radius 2 is 1.62 bits per heavy atom. The van der Waals surface area contributed by atoms with Crippen LogP contribution in [0.2, 0.25) is 0 Å². The molecule has 0 saturated carbocycles. The van der Waals surface area contributed by atoms with Crippen LogP contribution in [-0.4, -0.2) is 11.6 Å². The van der Waals surface area contributed by atoms with E-state index < -0.39 is 0 Å². The van der Waals surface area contributed by atoms with Gasteiger partial charge in [0.25, 0.3) is 0 Å². The predicted octanol–water partition coefficient (Wildman–Crippen LogP) is 4.14. The minimum atomic E-state index is -0.311. The Morgan fingerprint density at radius 3 is 2.29 bits per heavy atom. The molecule has 0 fully saturated rings. The molecule has 0 heterocycles. The van der Waals surface area contributed by atoms with Gasteiger partial charge in [0.15, 0.2) is 0 Å². The monoisotopic (exact) mass is 282 g/mol. The zero-order chi connectivity index (χ0) is 15.3. The van der Waals surface area contributed by atoms with Gasteiger partial charge in [0.05, 0.1) is 0 Å². The summed E-state index contributed by atoms with van der Waals surface area (Å²) in [5.41, 5.74) is 2.78. The number of urea groups is 1. The summed E-state index contributed by atoms with van der Waals surface area (Å²) in [6.07, 6.45) is 0.787. The molecule has 110 valence electrons. The van der Waals surface area contributed by atoms with E-state index in [4.69, 9.17) is 0 Å². The van der Waals surface area contributed by atoms with Gasteiger partial charge >= 0.3 is 6.03 Å². The van der Waals surface area contributed by atoms with Crippen LogP contribution in [-0.2, 0) is 6.42 Å². The van der Waals surface area contributed by atoms with Gasteiger partial charge in [0.2, 0.25) is 0 Å². The van der Waals surface area contributed by atoms with Crippen LogP contribution in [0.1, 0.15) is 25.0 Å². The van der Waals surface area contributed by atoms with Crippen LogP contribution in [0.15, 0.2) is 54.6 Å². The summed E-state index contributed by atoms with van der Waals surface area (Å²) in [6, 6.07) is 17.7. The molecule has 0 aromatic heterocycles. The number of hydrogen-bond donors (Lipinski definition) is 2. The van der Waals surface area contributed by atoms with Gasteiger partial charge in [-0.15, -0.1) is 0 Å². The number of nitrogens with one attached hydrogen (secondary N) is 2. The number of carbonyl (C=O) groups excluding carboxylic acids is 1. The lowest BCUT2D eigenvalue weighted by atomic mass is 9.95. The first-order valence-electron chi connectivity index (χ1n) is 7.15. The molecule has 0 aliphatic rings. The van der Waals surface area contributed by atoms with Gasteiger partial charge in [-0.05, 0) is 44.4 Å². The highest BCUT2D eigenvalue weighted by atomic mass is 16.2. The molecule has 3 nitrogen and oxygen atoms in total. The van der Waals surface area contributed by atoms with Gasteiger partial charge in [-0.3, -0.25) is 0 Å². The zero-order valence-electron chi connectivity index (χ0n) is 12.8. The van der Waals surface area contributed by atoms with Crippen molar-refractivity contribution in [2.24, 2.45) is 0 Å². The molecule has 2 aromatic rings. The molecule has 0 saturated heterocycles. The van der Waals surface area contributed by atoms with E-state index >= 15 is 0 Å². The van der Waals surface area contributed by atoms with Gasteiger partial charge in [-0.25, -0.2) is 4.79 Å². The van der Waals surface area contributed by atoms with Crippen molar-refractivity contribution in [2.75, 3.05) is 5.32 Å². The Balaban J connectivity index is 1.96. The molecule has 2 amide bonds. The fraction of sp³-hybridized carbons (Fsp3) is 0.278. The summed E-state index contributed by atoms with van der Waals surface area (Å²) in [5, 5.41) is 5.93. The van der Waals surface area contributed by atoms with E-state index in [0.29, 0.717) is 0 Å². The number of para-hydroxylation sites is 1. The summed E-state index contributed by atoms with van der Waals surface area (Å²) in [4.78, 5) is 12.1.